The number of aromatic amines is 1. The van der Waals surface area contributed by atoms with Crippen molar-refractivity contribution in [2.24, 2.45) is 0 Å². The van der Waals surface area contributed by atoms with Crippen LogP contribution in [-0.2, 0) is 0 Å². The molecule has 0 bridgehead atoms. The van der Waals surface area contributed by atoms with E-state index in [0.717, 1.165) is 41.6 Å². The van der Waals surface area contributed by atoms with Crippen molar-refractivity contribution in [1.82, 2.24) is 15.0 Å². The van der Waals surface area contributed by atoms with Crippen LogP contribution in [0.25, 0.3) is 22.6 Å². The monoisotopic (exact) mass is 437 g/mol. The van der Waals surface area contributed by atoms with E-state index < -0.39 is 0 Å². The second kappa shape index (κ2) is 9.69. The molecule has 4 aromatic rings. The number of aromatic nitrogens is 3. The maximum atomic E-state index is 12.8. The van der Waals surface area contributed by atoms with Crippen LogP contribution >= 0.6 is 0 Å². The quantitative estimate of drug-likeness (QED) is 0.416. The van der Waals surface area contributed by atoms with Crippen LogP contribution in [0.3, 0.4) is 0 Å². The molecule has 1 aliphatic heterocycles. The summed E-state index contributed by atoms with van der Waals surface area (Å²) in [5.41, 5.74) is 4.11. The summed E-state index contributed by atoms with van der Waals surface area (Å²) in [6.45, 7) is 2.06. The minimum absolute atomic E-state index is 0.175. The highest BCUT2D eigenvalue weighted by atomic mass is 16.1. The van der Waals surface area contributed by atoms with Crippen molar-refractivity contribution in [2.45, 2.75) is 25.7 Å². The fourth-order valence-corrected chi connectivity index (χ4v) is 4.18. The van der Waals surface area contributed by atoms with E-state index in [0.29, 0.717) is 11.3 Å². The molecule has 6 heteroatoms. The third kappa shape index (κ3) is 4.95. The van der Waals surface area contributed by atoms with E-state index in [1.165, 1.54) is 25.7 Å². The second-order valence-electron chi connectivity index (χ2n) is 8.34. The van der Waals surface area contributed by atoms with Gasteiger partial charge in [0.25, 0.3) is 5.91 Å². The number of nitrogens with zero attached hydrogens (tertiary/aromatic N) is 3. The van der Waals surface area contributed by atoms with Crippen LogP contribution in [0.5, 0.6) is 0 Å². The van der Waals surface area contributed by atoms with Gasteiger partial charge < -0.3 is 15.2 Å². The number of carbonyl (C=O) groups is 1. The van der Waals surface area contributed by atoms with Gasteiger partial charge in [-0.15, -0.1) is 0 Å². The summed E-state index contributed by atoms with van der Waals surface area (Å²) in [5, 5.41) is 2.98. The predicted octanol–water partition coefficient (Wildman–Crippen LogP) is 5.77. The Kier molecular flexibility index (Phi) is 6.15. The third-order valence-electron chi connectivity index (χ3n) is 5.98. The minimum atomic E-state index is -0.175. The van der Waals surface area contributed by atoms with Gasteiger partial charge in [0, 0.05) is 42.3 Å². The standard InChI is InChI=1S/C27H27N5O/c33-27(22-13-14-25(28-18-22)32-15-6-1-2-7-16-32)30-23-12-8-11-21(17-23)26-29-19-24(31-26)20-9-4-3-5-10-20/h3-5,8-14,17-19H,1-2,6-7,15-16H2,(H,29,31)(H,30,33). The molecule has 5 rings (SSSR count). The Bertz CT molecular complexity index is 1210. The summed E-state index contributed by atoms with van der Waals surface area (Å²) in [4.78, 5) is 27.6. The predicted molar refractivity (Wildman–Crippen MR) is 132 cm³/mol. The van der Waals surface area contributed by atoms with E-state index in [-0.39, 0.29) is 5.91 Å². The number of hydrogen-bond acceptors (Lipinski definition) is 4. The number of amides is 1. The molecule has 1 fully saturated rings. The van der Waals surface area contributed by atoms with Gasteiger partial charge in [-0.1, -0.05) is 55.3 Å². The zero-order valence-corrected chi connectivity index (χ0v) is 18.5. The van der Waals surface area contributed by atoms with Gasteiger partial charge in [-0.2, -0.15) is 0 Å². The van der Waals surface area contributed by atoms with Crippen molar-refractivity contribution in [3.05, 3.63) is 84.7 Å². The van der Waals surface area contributed by atoms with Gasteiger partial charge in [-0.3, -0.25) is 4.79 Å². The normalized spacial score (nSPS) is 14.0. The number of anilines is 2. The van der Waals surface area contributed by atoms with E-state index in [1.54, 1.807) is 6.20 Å². The summed E-state index contributed by atoms with van der Waals surface area (Å²) in [6, 6.07) is 21.5. The lowest BCUT2D eigenvalue weighted by Gasteiger charge is -2.21. The molecular weight excluding hydrogens is 410 g/mol. The van der Waals surface area contributed by atoms with Crippen LogP contribution in [0.4, 0.5) is 11.5 Å². The summed E-state index contributed by atoms with van der Waals surface area (Å²) in [5.74, 6) is 1.53. The number of pyridine rings is 1. The van der Waals surface area contributed by atoms with E-state index in [9.17, 15) is 4.79 Å². The van der Waals surface area contributed by atoms with E-state index >= 15 is 0 Å². The number of rotatable bonds is 5. The van der Waals surface area contributed by atoms with Crippen LogP contribution in [-0.4, -0.2) is 33.9 Å². The molecule has 0 radical (unpaired) electrons. The third-order valence-corrected chi connectivity index (χ3v) is 5.98. The van der Waals surface area contributed by atoms with E-state index in [1.807, 2.05) is 72.9 Å². The fraction of sp³-hybridized carbons (Fsp3) is 0.222. The van der Waals surface area contributed by atoms with E-state index in [4.69, 9.17) is 4.98 Å². The zero-order valence-electron chi connectivity index (χ0n) is 18.5. The van der Waals surface area contributed by atoms with Gasteiger partial charge in [0.15, 0.2) is 0 Å². The summed E-state index contributed by atoms with van der Waals surface area (Å²) in [6.07, 6.45) is 8.51. The Balaban J connectivity index is 1.28. The molecule has 1 aliphatic rings. The van der Waals surface area contributed by atoms with Crippen molar-refractivity contribution in [3.8, 4) is 22.6 Å². The van der Waals surface area contributed by atoms with Crippen LogP contribution in [0, 0.1) is 0 Å². The molecule has 0 saturated carbocycles. The molecule has 33 heavy (non-hydrogen) atoms. The molecule has 6 nitrogen and oxygen atoms in total. The van der Waals surface area contributed by atoms with Gasteiger partial charge in [-0.05, 0) is 37.1 Å². The van der Waals surface area contributed by atoms with Gasteiger partial charge >= 0.3 is 0 Å². The lowest BCUT2D eigenvalue weighted by Crippen LogP contribution is -2.25. The average Bonchev–Trinajstić information content (AvgIpc) is 3.21. The smallest absolute Gasteiger partial charge is 0.257 e. The van der Waals surface area contributed by atoms with Crippen LogP contribution in [0.2, 0.25) is 0 Å². The van der Waals surface area contributed by atoms with Crippen molar-refractivity contribution in [1.29, 1.82) is 0 Å². The average molecular weight is 438 g/mol. The molecule has 0 spiro atoms. The summed E-state index contributed by atoms with van der Waals surface area (Å²) in [7, 11) is 0. The first-order valence-corrected chi connectivity index (χ1v) is 11.5. The molecular formula is C27H27N5O. The van der Waals surface area contributed by atoms with Gasteiger partial charge in [0.2, 0.25) is 0 Å². The number of carbonyl (C=O) groups excluding carboxylic acids is 1. The maximum absolute atomic E-state index is 12.8. The van der Waals surface area contributed by atoms with Gasteiger partial charge in [0.05, 0.1) is 11.3 Å². The molecule has 2 aromatic heterocycles. The molecule has 0 unspecified atom stereocenters. The van der Waals surface area contributed by atoms with Crippen LogP contribution in [0.1, 0.15) is 36.0 Å². The van der Waals surface area contributed by atoms with Crippen LogP contribution < -0.4 is 10.2 Å². The van der Waals surface area contributed by atoms with Crippen molar-refractivity contribution < 1.29 is 4.79 Å². The van der Waals surface area contributed by atoms with Crippen molar-refractivity contribution in [3.63, 3.8) is 0 Å². The molecule has 2 aromatic carbocycles. The van der Waals surface area contributed by atoms with E-state index in [2.05, 4.69) is 20.2 Å². The van der Waals surface area contributed by atoms with Crippen molar-refractivity contribution >= 4 is 17.4 Å². The molecule has 3 heterocycles. The van der Waals surface area contributed by atoms with Gasteiger partial charge in [-0.25, -0.2) is 9.97 Å². The first-order chi connectivity index (χ1) is 16.3. The summed E-state index contributed by atoms with van der Waals surface area (Å²) >= 11 is 0. The Morgan fingerprint density at radius 2 is 1.67 bits per heavy atom. The second-order valence-corrected chi connectivity index (χ2v) is 8.34. The van der Waals surface area contributed by atoms with Crippen molar-refractivity contribution in [2.75, 3.05) is 23.3 Å². The molecule has 0 aliphatic carbocycles. The van der Waals surface area contributed by atoms with Gasteiger partial charge in [0.1, 0.15) is 11.6 Å². The fourth-order valence-electron chi connectivity index (χ4n) is 4.18. The number of H-pyrrole nitrogens is 1. The number of benzene rings is 2. The first kappa shape index (κ1) is 20.9. The highest BCUT2D eigenvalue weighted by Crippen LogP contribution is 2.24. The number of imidazole rings is 1. The largest absolute Gasteiger partial charge is 0.357 e. The zero-order chi connectivity index (χ0) is 22.5. The Labute approximate surface area is 193 Å². The Morgan fingerprint density at radius 1 is 0.879 bits per heavy atom. The Morgan fingerprint density at radius 3 is 2.42 bits per heavy atom. The Hall–Kier alpha value is -3.93. The molecule has 166 valence electrons. The molecule has 1 amide bonds. The highest BCUT2D eigenvalue weighted by Gasteiger charge is 2.13. The molecule has 1 saturated heterocycles. The molecule has 2 N–H and O–H groups in total. The minimum Gasteiger partial charge on any atom is -0.357 e. The molecule has 0 atom stereocenters. The number of nitrogens with one attached hydrogen (secondary N) is 2. The van der Waals surface area contributed by atoms with Crippen LogP contribution in [0.15, 0.2) is 79.1 Å². The maximum Gasteiger partial charge on any atom is 0.257 e. The lowest BCUT2D eigenvalue weighted by atomic mass is 10.1. The number of hydrogen-bond donors (Lipinski definition) is 2. The SMILES string of the molecule is O=C(Nc1cccc(-c2nc(-c3ccccc3)c[nH]2)c1)c1ccc(N2CCCCCC2)nc1. The lowest BCUT2D eigenvalue weighted by molar-refractivity contribution is 0.102. The first-order valence-electron chi connectivity index (χ1n) is 11.5. The highest BCUT2D eigenvalue weighted by molar-refractivity contribution is 6.04. The summed E-state index contributed by atoms with van der Waals surface area (Å²) < 4.78 is 0. The topological polar surface area (TPSA) is 73.9 Å².